The number of sulfonamides is 1. The molecule has 0 bridgehead atoms. The van der Waals surface area contributed by atoms with Crippen LogP contribution in [0.4, 0.5) is 10.1 Å². The van der Waals surface area contributed by atoms with Crippen molar-refractivity contribution in [3.05, 3.63) is 65.7 Å². The van der Waals surface area contributed by atoms with Crippen LogP contribution in [-0.2, 0) is 14.8 Å². The topological polar surface area (TPSA) is 108 Å². The number of carbonyl (C=O) groups excluding carboxylic acids is 1. The van der Waals surface area contributed by atoms with E-state index in [1.54, 1.807) is 36.4 Å². The van der Waals surface area contributed by atoms with Crippen LogP contribution in [0.3, 0.4) is 0 Å². The summed E-state index contributed by atoms with van der Waals surface area (Å²) in [6, 6.07) is 12.2. The van der Waals surface area contributed by atoms with E-state index in [-0.39, 0.29) is 22.4 Å². The van der Waals surface area contributed by atoms with Gasteiger partial charge in [0.05, 0.1) is 10.6 Å². The number of amides is 1. The molecular formula is C22H22FN5O3S2. The minimum Gasteiger partial charge on any atom is -0.325 e. The molecule has 0 atom stereocenters. The summed E-state index contributed by atoms with van der Waals surface area (Å²) in [5.74, 6) is 0.0412. The van der Waals surface area contributed by atoms with Crippen molar-refractivity contribution in [3.63, 3.8) is 0 Å². The van der Waals surface area contributed by atoms with Crippen LogP contribution >= 0.6 is 11.8 Å². The predicted octanol–water partition coefficient (Wildman–Crippen LogP) is 3.63. The molecule has 2 heterocycles. The first-order valence-corrected chi connectivity index (χ1v) is 12.7. The van der Waals surface area contributed by atoms with E-state index in [4.69, 9.17) is 0 Å². The number of H-pyrrole nitrogens is 1. The first-order valence-electron chi connectivity index (χ1n) is 10.3. The third kappa shape index (κ3) is 6.06. The maximum atomic E-state index is 12.9. The molecule has 0 unspecified atom stereocenters. The van der Waals surface area contributed by atoms with Crippen LogP contribution < -0.4 is 5.32 Å². The standard InChI is InChI=1S/C22H22FN5O3S2/c23-17-6-3-16(4-7-17)5-12-20-25-22(27-26-20)32-15-21(29)24-18-8-10-19(11-9-18)33(30,31)28-13-1-2-14-28/h3-12H,1-2,13-15H2,(H,24,29)(H,25,26,27)/b12-5+. The van der Waals surface area contributed by atoms with Crippen molar-refractivity contribution in [2.75, 3.05) is 24.2 Å². The smallest absolute Gasteiger partial charge is 0.243 e. The Morgan fingerprint density at radius 3 is 2.48 bits per heavy atom. The molecule has 172 valence electrons. The lowest BCUT2D eigenvalue weighted by molar-refractivity contribution is -0.113. The van der Waals surface area contributed by atoms with Gasteiger partial charge in [0.15, 0.2) is 0 Å². The van der Waals surface area contributed by atoms with Gasteiger partial charge < -0.3 is 5.32 Å². The summed E-state index contributed by atoms with van der Waals surface area (Å²) >= 11 is 1.16. The van der Waals surface area contributed by atoms with Crippen molar-refractivity contribution >= 4 is 45.5 Å². The molecule has 8 nitrogen and oxygen atoms in total. The van der Waals surface area contributed by atoms with Crippen molar-refractivity contribution in [2.24, 2.45) is 0 Å². The highest BCUT2D eigenvalue weighted by Gasteiger charge is 2.26. The molecule has 33 heavy (non-hydrogen) atoms. The minimum absolute atomic E-state index is 0.0901. The Morgan fingerprint density at radius 1 is 1.09 bits per heavy atom. The predicted molar refractivity (Wildman–Crippen MR) is 125 cm³/mol. The van der Waals surface area contributed by atoms with E-state index in [9.17, 15) is 17.6 Å². The van der Waals surface area contributed by atoms with Crippen LogP contribution in [-0.4, -0.2) is 52.7 Å². The molecular weight excluding hydrogens is 465 g/mol. The van der Waals surface area contributed by atoms with Crippen LogP contribution in [0.1, 0.15) is 24.2 Å². The second-order valence-corrected chi connectivity index (χ2v) is 10.2. The van der Waals surface area contributed by atoms with Gasteiger partial charge in [-0.1, -0.05) is 30.0 Å². The molecule has 0 aliphatic carbocycles. The van der Waals surface area contributed by atoms with Gasteiger partial charge >= 0.3 is 0 Å². The minimum atomic E-state index is -3.48. The molecule has 0 saturated carbocycles. The Balaban J connectivity index is 1.28. The Bertz CT molecular complexity index is 1240. The van der Waals surface area contributed by atoms with Crippen LogP contribution in [0.25, 0.3) is 12.2 Å². The summed E-state index contributed by atoms with van der Waals surface area (Å²) in [6.45, 7) is 1.09. The summed E-state index contributed by atoms with van der Waals surface area (Å²) < 4.78 is 39.6. The fourth-order valence-corrected chi connectivity index (χ4v) is 5.38. The second kappa shape index (κ2) is 10.3. The Kier molecular flexibility index (Phi) is 7.21. The number of thioether (sulfide) groups is 1. The second-order valence-electron chi connectivity index (χ2n) is 7.36. The van der Waals surface area contributed by atoms with Gasteiger partial charge in [-0.15, -0.1) is 5.10 Å². The SMILES string of the molecule is O=C(CSc1n[nH]c(/C=C/c2ccc(F)cc2)n1)Nc1ccc(S(=O)(=O)N2CCCC2)cc1. The number of hydrogen-bond donors (Lipinski definition) is 2. The molecule has 1 aromatic heterocycles. The van der Waals surface area contributed by atoms with Crippen molar-refractivity contribution < 1.29 is 17.6 Å². The van der Waals surface area contributed by atoms with Crippen LogP contribution in [0.15, 0.2) is 58.6 Å². The van der Waals surface area contributed by atoms with Gasteiger partial charge in [0.1, 0.15) is 11.6 Å². The number of nitrogens with one attached hydrogen (secondary N) is 2. The van der Waals surface area contributed by atoms with Crippen molar-refractivity contribution in [2.45, 2.75) is 22.9 Å². The maximum absolute atomic E-state index is 12.9. The fourth-order valence-electron chi connectivity index (χ4n) is 3.26. The number of carbonyl (C=O) groups is 1. The number of anilines is 1. The average Bonchev–Trinajstić information content (AvgIpc) is 3.51. The van der Waals surface area contributed by atoms with E-state index in [1.807, 2.05) is 0 Å². The third-order valence-corrected chi connectivity index (χ3v) is 7.72. The number of hydrogen-bond acceptors (Lipinski definition) is 6. The average molecular weight is 488 g/mol. The Morgan fingerprint density at radius 2 is 1.79 bits per heavy atom. The quantitative estimate of drug-likeness (QED) is 0.470. The van der Waals surface area contributed by atoms with Gasteiger partial charge in [0, 0.05) is 18.8 Å². The van der Waals surface area contributed by atoms with Gasteiger partial charge in [0.25, 0.3) is 0 Å². The van der Waals surface area contributed by atoms with Crippen molar-refractivity contribution in [1.82, 2.24) is 19.5 Å². The van der Waals surface area contributed by atoms with E-state index in [1.165, 1.54) is 28.6 Å². The van der Waals surface area contributed by atoms with Gasteiger partial charge in [0.2, 0.25) is 21.1 Å². The lowest BCUT2D eigenvalue weighted by Gasteiger charge is -2.15. The first kappa shape index (κ1) is 23.1. The number of benzene rings is 2. The molecule has 1 aliphatic heterocycles. The Hall–Kier alpha value is -3.02. The molecule has 11 heteroatoms. The number of rotatable bonds is 8. The molecule has 1 fully saturated rings. The summed E-state index contributed by atoms with van der Waals surface area (Å²) in [5.41, 5.74) is 1.33. The first-order chi connectivity index (χ1) is 15.9. The molecule has 1 amide bonds. The molecule has 0 radical (unpaired) electrons. The van der Waals surface area contributed by atoms with Crippen LogP contribution in [0, 0.1) is 5.82 Å². The van der Waals surface area contributed by atoms with Gasteiger partial charge in [-0.2, -0.15) is 4.31 Å². The van der Waals surface area contributed by atoms with E-state index >= 15 is 0 Å². The number of aromatic amines is 1. The zero-order valence-corrected chi connectivity index (χ0v) is 19.2. The summed E-state index contributed by atoms with van der Waals surface area (Å²) in [4.78, 5) is 16.8. The third-order valence-electron chi connectivity index (χ3n) is 4.96. The monoisotopic (exact) mass is 487 g/mol. The maximum Gasteiger partial charge on any atom is 0.243 e. The van der Waals surface area contributed by atoms with Gasteiger partial charge in [-0.05, 0) is 60.9 Å². The lowest BCUT2D eigenvalue weighted by Crippen LogP contribution is -2.27. The van der Waals surface area contributed by atoms with E-state index < -0.39 is 10.0 Å². The number of aromatic nitrogens is 3. The van der Waals surface area contributed by atoms with Crippen molar-refractivity contribution in [1.29, 1.82) is 0 Å². The molecule has 4 rings (SSSR count). The van der Waals surface area contributed by atoms with E-state index in [0.717, 1.165) is 30.2 Å². The molecule has 1 saturated heterocycles. The van der Waals surface area contributed by atoms with E-state index in [2.05, 4.69) is 20.5 Å². The zero-order chi connectivity index (χ0) is 23.3. The summed E-state index contributed by atoms with van der Waals surface area (Å²) in [6.07, 6.45) is 5.24. The van der Waals surface area contributed by atoms with Crippen LogP contribution in [0.2, 0.25) is 0 Å². The highest BCUT2D eigenvalue weighted by Crippen LogP contribution is 2.22. The Labute approximate surface area is 195 Å². The van der Waals surface area contributed by atoms with E-state index in [0.29, 0.717) is 29.8 Å². The number of halogens is 1. The molecule has 3 aromatic rings. The summed E-state index contributed by atoms with van der Waals surface area (Å²) in [5, 5.41) is 9.98. The van der Waals surface area contributed by atoms with Gasteiger partial charge in [-0.3, -0.25) is 9.89 Å². The molecule has 2 N–H and O–H groups in total. The largest absolute Gasteiger partial charge is 0.325 e. The molecule has 1 aliphatic rings. The summed E-state index contributed by atoms with van der Waals surface area (Å²) in [7, 11) is -3.48. The normalized spacial score (nSPS) is 14.7. The molecule has 0 spiro atoms. The highest BCUT2D eigenvalue weighted by molar-refractivity contribution is 7.99. The lowest BCUT2D eigenvalue weighted by atomic mass is 10.2. The fraction of sp³-hybridized carbons (Fsp3) is 0.227. The van der Waals surface area contributed by atoms with Gasteiger partial charge in [-0.25, -0.2) is 17.8 Å². The molecule has 2 aromatic carbocycles. The van der Waals surface area contributed by atoms with Crippen LogP contribution in [0.5, 0.6) is 0 Å². The number of nitrogens with zero attached hydrogens (tertiary/aromatic N) is 3. The zero-order valence-electron chi connectivity index (χ0n) is 17.6. The van der Waals surface area contributed by atoms with Crippen molar-refractivity contribution in [3.8, 4) is 0 Å². The highest BCUT2D eigenvalue weighted by atomic mass is 32.2.